The van der Waals surface area contributed by atoms with Gasteiger partial charge in [-0.15, -0.1) is 0 Å². The van der Waals surface area contributed by atoms with E-state index >= 15 is 0 Å². The zero-order valence-corrected chi connectivity index (χ0v) is 12.2. The Kier molecular flexibility index (Phi) is 5.29. The SMILES string of the molecule is COc1cc(Cl)ccc1C(N)/C1=C/CCCCCC1. The molecule has 104 valence electrons. The lowest BCUT2D eigenvalue weighted by Gasteiger charge is -2.21. The van der Waals surface area contributed by atoms with Gasteiger partial charge in [-0.3, -0.25) is 0 Å². The van der Waals surface area contributed by atoms with Crippen molar-refractivity contribution in [2.24, 2.45) is 5.73 Å². The van der Waals surface area contributed by atoms with E-state index in [1.54, 1.807) is 7.11 Å². The van der Waals surface area contributed by atoms with Gasteiger partial charge in [0.05, 0.1) is 13.2 Å². The minimum atomic E-state index is -0.0784. The number of ether oxygens (including phenoxy) is 1. The fourth-order valence-corrected chi connectivity index (χ4v) is 2.80. The maximum absolute atomic E-state index is 6.43. The molecule has 1 aliphatic carbocycles. The lowest BCUT2D eigenvalue weighted by Crippen LogP contribution is -2.15. The zero-order chi connectivity index (χ0) is 13.7. The zero-order valence-electron chi connectivity index (χ0n) is 11.5. The molecule has 2 nitrogen and oxygen atoms in total. The Morgan fingerprint density at radius 3 is 2.79 bits per heavy atom. The van der Waals surface area contributed by atoms with E-state index in [0.717, 1.165) is 24.2 Å². The summed E-state index contributed by atoms with van der Waals surface area (Å²) in [5.74, 6) is 0.781. The Morgan fingerprint density at radius 1 is 1.21 bits per heavy atom. The molecule has 0 aromatic heterocycles. The molecule has 0 saturated heterocycles. The molecule has 0 spiro atoms. The third-order valence-corrected chi connectivity index (χ3v) is 3.99. The lowest BCUT2D eigenvalue weighted by molar-refractivity contribution is 0.407. The van der Waals surface area contributed by atoms with E-state index in [4.69, 9.17) is 22.1 Å². The van der Waals surface area contributed by atoms with Gasteiger partial charge < -0.3 is 10.5 Å². The summed E-state index contributed by atoms with van der Waals surface area (Å²) in [5.41, 5.74) is 8.79. The normalized spacial score (nSPS) is 20.9. The van der Waals surface area contributed by atoms with Crippen molar-refractivity contribution in [1.82, 2.24) is 0 Å². The first-order chi connectivity index (χ1) is 9.22. The number of hydrogen-bond acceptors (Lipinski definition) is 2. The van der Waals surface area contributed by atoms with Crippen LogP contribution in [-0.2, 0) is 0 Å². The molecule has 1 aliphatic rings. The smallest absolute Gasteiger partial charge is 0.125 e. The number of benzene rings is 1. The van der Waals surface area contributed by atoms with Crippen molar-refractivity contribution in [3.8, 4) is 5.75 Å². The molecule has 1 aromatic rings. The Labute approximate surface area is 120 Å². The molecule has 1 aromatic carbocycles. The van der Waals surface area contributed by atoms with Gasteiger partial charge in [0.15, 0.2) is 0 Å². The predicted octanol–water partition coefficient (Wildman–Crippen LogP) is 4.63. The van der Waals surface area contributed by atoms with Crippen molar-refractivity contribution in [2.45, 2.75) is 44.6 Å². The first-order valence-electron chi connectivity index (χ1n) is 7.00. The quantitative estimate of drug-likeness (QED) is 0.819. The number of nitrogens with two attached hydrogens (primary N) is 1. The molecule has 0 bridgehead atoms. The summed E-state index contributed by atoms with van der Waals surface area (Å²) in [5, 5.41) is 0.680. The van der Waals surface area contributed by atoms with Gasteiger partial charge in [0.2, 0.25) is 0 Å². The third kappa shape index (κ3) is 3.74. The number of methoxy groups -OCH3 is 1. The Hall–Kier alpha value is -0.990. The van der Waals surface area contributed by atoms with Crippen LogP contribution in [0.4, 0.5) is 0 Å². The molecular weight excluding hydrogens is 258 g/mol. The average Bonchev–Trinajstić information content (AvgIpc) is 2.37. The molecule has 0 heterocycles. The second kappa shape index (κ2) is 6.97. The number of hydrogen-bond donors (Lipinski definition) is 1. The molecule has 1 atom stereocenters. The first kappa shape index (κ1) is 14.4. The van der Waals surface area contributed by atoms with Crippen LogP contribution in [-0.4, -0.2) is 7.11 Å². The van der Waals surface area contributed by atoms with Gasteiger partial charge in [0, 0.05) is 10.6 Å². The molecular formula is C16H22ClNO. The Bertz CT molecular complexity index is 456. The highest BCUT2D eigenvalue weighted by atomic mass is 35.5. The number of halogens is 1. The van der Waals surface area contributed by atoms with E-state index in [1.165, 1.54) is 31.3 Å². The maximum atomic E-state index is 6.43. The van der Waals surface area contributed by atoms with Gasteiger partial charge in [-0.1, -0.05) is 42.2 Å². The van der Waals surface area contributed by atoms with Crippen molar-refractivity contribution < 1.29 is 4.74 Å². The molecule has 0 fully saturated rings. The minimum Gasteiger partial charge on any atom is -0.496 e. The second-order valence-electron chi connectivity index (χ2n) is 5.10. The first-order valence-corrected chi connectivity index (χ1v) is 7.38. The molecule has 0 saturated carbocycles. The van der Waals surface area contributed by atoms with Crippen LogP contribution >= 0.6 is 11.6 Å². The largest absolute Gasteiger partial charge is 0.496 e. The summed E-state index contributed by atoms with van der Waals surface area (Å²) >= 11 is 6.00. The summed E-state index contributed by atoms with van der Waals surface area (Å²) < 4.78 is 5.40. The monoisotopic (exact) mass is 279 g/mol. The summed E-state index contributed by atoms with van der Waals surface area (Å²) in [4.78, 5) is 0. The summed E-state index contributed by atoms with van der Waals surface area (Å²) in [6, 6.07) is 5.61. The number of rotatable bonds is 3. The standard InChI is InChI=1S/C16H22ClNO/c1-19-15-11-13(17)9-10-14(15)16(18)12-7-5-3-2-4-6-8-12/h7,9-11,16H,2-6,8,18H2,1H3/b12-7+. The van der Waals surface area contributed by atoms with Crippen molar-refractivity contribution in [2.75, 3.05) is 7.11 Å². The van der Waals surface area contributed by atoms with Crippen LogP contribution in [0.5, 0.6) is 5.75 Å². The van der Waals surface area contributed by atoms with Crippen LogP contribution in [0.1, 0.15) is 50.1 Å². The van der Waals surface area contributed by atoms with E-state index in [0.29, 0.717) is 5.02 Å². The van der Waals surface area contributed by atoms with Crippen LogP contribution in [0.2, 0.25) is 5.02 Å². The van der Waals surface area contributed by atoms with Gasteiger partial charge in [-0.2, -0.15) is 0 Å². The summed E-state index contributed by atoms with van der Waals surface area (Å²) in [7, 11) is 1.66. The van der Waals surface area contributed by atoms with E-state index < -0.39 is 0 Å². The fourth-order valence-electron chi connectivity index (χ4n) is 2.64. The van der Waals surface area contributed by atoms with Crippen molar-refractivity contribution in [1.29, 1.82) is 0 Å². The molecule has 19 heavy (non-hydrogen) atoms. The van der Waals surface area contributed by atoms with Crippen LogP contribution in [0.25, 0.3) is 0 Å². The highest BCUT2D eigenvalue weighted by Crippen LogP contribution is 2.33. The van der Waals surface area contributed by atoms with Crippen LogP contribution < -0.4 is 10.5 Å². The molecule has 1 unspecified atom stereocenters. The van der Waals surface area contributed by atoms with Gasteiger partial charge in [-0.05, 0) is 37.8 Å². The van der Waals surface area contributed by atoms with E-state index in [2.05, 4.69) is 6.08 Å². The minimum absolute atomic E-state index is 0.0784. The van der Waals surface area contributed by atoms with Gasteiger partial charge >= 0.3 is 0 Å². The topological polar surface area (TPSA) is 35.2 Å². The fraction of sp³-hybridized carbons (Fsp3) is 0.500. The second-order valence-corrected chi connectivity index (χ2v) is 5.53. The van der Waals surface area contributed by atoms with Crippen LogP contribution in [0.3, 0.4) is 0 Å². The summed E-state index contributed by atoms with van der Waals surface area (Å²) in [6.45, 7) is 0. The Morgan fingerprint density at radius 2 is 2.00 bits per heavy atom. The van der Waals surface area contributed by atoms with Crippen molar-refractivity contribution >= 4 is 11.6 Å². The van der Waals surface area contributed by atoms with Gasteiger partial charge in [0.25, 0.3) is 0 Å². The maximum Gasteiger partial charge on any atom is 0.125 e. The van der Waals surface area contributed by atoms with Crippen LogP contribution in [0, 0.1) is 0 Å². The van der Waals surface area contributed by atoms with Crippen LogP contribution in [0.15, 0.2) is 29.8 Å². The predicted molar refractivity (Wildman–Crippen MR) is 80.7 cm³/mol. The highest BCUT2D eigenvalue weighted by Gasteiger charge is 2.17. The third-order valence-electron chi connectivity index (χ3n) is 3.76. The molecule has 3 heteroatoms. The van der Waals surface area contributed by atoms with E-state index in [-0.39, 0.29) is 6.04 Å². The molecule has 0 aliphatic heterocycles. The molecule has 2 N–H and O–H groups in total. The van der Waals surface area contributed by atoms with E-state index in [1.807, 2.05) is 18.2 Å². The van der Waals surface area contributed by atoms with Crippen molar-refractivity contribution in [3.05, 3.63) is 40.4 Å². The lowest BCUT2D eigenvalue weighted by atomic mass is 9.91. The molecule has 0 radical (unpaired) electrons. The molecule has 0 amide bonds. The summed E-state index contributed by atoms with van der Waals surface area (Å²) in [6.07, 6.45) is 9.69. The number of allylic oxidation sites excluding steroid dienone is 1. The highest BCUT2D eigenvalue weighted by molar-refractivity contribution is 6.30. The van der Waals surface area contributed by atoms with Gasteiger partial charge in [-0.25, -0.2) is 0 Å². The van der Waals surface area contributed by atoms with E-state index in [9.17, 15) is 0 Å². The Balaban J connectivity index is 2.24. The average molecular weight is 280 g/mol. The molecule has 2 rings (SSSR count). The van der Waals surface area contributed by atoms with Gasteiger partial charge in [0.1, 0.15) is 5.75 Å². The van der Waals surface area contributed by atoms with Crippen molar-refractivity contribution in [3.63, 3.8) is 0 Å².